The largest absolute Gasteiger partial charge is 0.348 e. The fourth-order valence-corrected chi connectivity index (χ4v) is 2.25. The summed E-state index contributed by atoms with van der Waals surface area (Å²) in [6.45, 7) is 22.2. The summed E-state index contributed by atoms with van der Waals surface area (Å²) >= 11 is 0. The molecule has 0 saturated carbocycles. The average molecular weight is 256 g/mol. The van der Waals surface area contributed by atoms with Crippen LogP contribution in [0.3, 0.4) is 0 Å². The van der Waals surface area contributed by atoms with Gasteiger partial charge in [-0.15, -0.1) is 0 Å². The first-order chi connectivity index (χ1) is 8.14. The van der Waals surface area contributed by atoms with E-state index in [0.29, 0.717) is 12.1 Å². The summed E-state index contributed by atoms with van der Waals surface area (Å²) in [7, 11) is 0. The van der Waals surface area contributed by atoms with Crippen LogP contribution in [-0.2, 0) is 0 Å². The summed E-state index contributed by atoms with van der Waals surface area (Å²) in [5.41, 5.74) is 0.0833. The average Bonchev–Trinajstić information content (AvgIpc) is 2.15. The Morgan fingerprint density at radius 1 is 1.00 bits per heavy atom. The summed E-state index contributed by atoms with van der Waals surface area (Å²) in [6.07, 6.45) is 0. The Bertz CT molecular complexity index is 258. The van der Waals surface area contributed by atoms with Crippen molar-refractivity contribution in [3.05, 3.63) is 0 Å². The molecule has 0 amide bonds. The molecule has 0 saturated heterocycles. The third kappa shape index (κ3) is 5.28. The highest BCUT2D eigenvalue weighted by Crippen LogP contribution is 2.06. The molecule has 0 bridgehead atoms. The first kappa shape index (κ1) is 17.3. The summed E-state index contributed by atoms with van der Waals surface area (Å²) in [5.74, 6) is 1.26. The molecule has 3 nitrogen and oxygen atoms in total. The molecule has 18 heavy (non-hydrogen) atoms. The minimum atomic E-state index is 0.0833. The van der Waals surface area contributed by atoms with E-state index >= 15 is 0 Å². The van der Waals surface area contributed by atoms with E-state index in [1.807, 2.05) is 0 Å². The van der Waals surface area contributed by atoms with E-state index in [-0.39, 0.29) is 5.54 Å². The Hall–Kier alpha value is -0.730. The molecule has 0 radical (unpaired) electrons. The van der Waals surface area contributed by atoms with Crippen molar-refractivity contribution >= 4 is 5.96 Å². The van der Waals surface area contributed by atoms with Crippen molar-refractivity contribution in [1.82, 2.24) is 10.2 Å². The molecule has 1 N–H and O–H groups in total. The number of rotatable bonds is 4. The smallest absolute Gasteiger partial charge is 0.273 e. The van der Waals surface area contributed by atoms with Crippen LogP contribution in [0.15, 0.2) is 0 Å². The maximum Gasteiger partial charge on any atom is 0.348 e. The number of nitrogens with one attached hydrogen (secondary N) is 1. The maximum atomic E-state index is 3.69. The van der Waals surface area contributed by atoms with E-state index in [1.54, 1.807) is 0 Å². The van der Waals surface area contributed by atoms with Crippen LogP contribution in [0.2, 0.25) is 0 Å². The molecule has 3 heteroatoms. The number of hydrogen-bond donors (Lipinski definition) is 1. The lowest BCUT2D eigenvalue weighted by molar-refractivity contribution is -0.593. The van der Waals surface area contributed by atoms with E-state index in [4.69, 9.17) is 0 Å². The van der Waals surface area contributed by atoms with Gasteiger partial charge in [-0.25, -0.2) is 0 Å². The molecule has 0 aliphatic carbocycles. The number of hydrogen-bond acceptors (Lipinski definition) is 0. The first-order valence-corrected chi connectivity index (χ1v) is 7.32. The third-order valence-electron chi connectivity index (χ3n) is 2.91. The highest BCUT2D eigenvalue weighted by Gasteiger charge is 2.28. The molecule has 0 aromatic carbocycles. The van der Waals surface area contributed by atoms with Gasteiger partial charge in [0.25, 0.3) is 0 Å². The molecule has 0 aliphatic rings. The second kappa shape index (κ2) is 7.01. The standard InChI is InChI=1S/C15H33N3/c1-10-17(11-2)14(16-15(7,8)9)18(12(3)4)13(5)6/h12-13H,10-11H2,1-9H3/p+1. The second-order valence-corrected chi connectivity index (χ2v) is 6.47. The Labute approximate surface area is 114 Å². The Balaban J connectivity index is 5.59. The molecule has 108 valence electrons. The van der Waals surface area contributed by atoms with Crippen LogP contribution in [-0.4, -0.2) is 46.1 Å². The lowest BCUT2D eigenvalue weighted by Crippen LogP contribution is -2.56. The zero-order valence-electron chi connectivity index (χ0n) is 14.0. The third-order valence-corrected chi connectivity index (χ3v) is 2.91. The SMILES string of the molecule is CCN(CC)C(NC(C)(C)C)=[N+](C(C)C)C(C)C. The Morgan fingerprint density at radius 2 is 1.39 bits per heavy atom. The van der Waals surface area contributed by atoms with Crippen LogP contribution in [0, 0.1) is 0 Å². The van der Waals surface area contributed by atoms with Crippen LogP contribution in [0.1, 0.15) is 62.3 Å². The van der Waals surface area contributed by atoms with Crippen LogP contribution >= 0.6 is 0 Å². The molecule has 0 fully saturated rings. The van der Waals surface area contributed by atoms with Gasteiger partial charge in [0.1, 0.15) is 0 Å². The van der Waals surface area contributed by atoms with Gasteiger partial charge in [-0.1, -0.05) is 0 Å². The Kier molecular flexibility index (Phi) is 6.72. The molecule has 0 rings (SSSR count). The Morgan fingerprint density at radius 3 is 1.61 bits per heavy atom. The van der Waals surface area contributed by atoms with Gasteiger partial charge in [0, 0.05) is 0 Å². The highest BCUT2D eigenvalue weighted by atomic mass is 15.4. The van der Waals surface area contributed by atoms with Crippen molar-refractivity contribution in [3.8, 4) is 0 Å². The van der Waals surface area contributed by atoms with Gasteiger partial charge in [-0.05, 0) is 62.3 Å². The van der Waals surface area contributed by atoms with Gasteiger partial charge < -0.3 is 0 Å². The van der Waals surface area contributed by atoms with Crippen molar-refractivity contribution in [2.24, 2.45) is 0 Å². The van der Waals surface area contributed by atoms with E-state index in [9.17, 15) is 0 Å². The zero-order valence-corrected chi connectivity index (χ0v) is 14.0. The predicted octanol–water partition coefficient (Wildman–Crippen LogP) is 2.90. The molecule has 0 heterocycles. The lowest BCUT2D eigenvalue weighted by atomic mass is 10.1. The van der Waals surface area contributed by atoms with Gasteiger partial charge in [0.05, 0.1) is 30.7 Å². The molecular formula is C15H34N3+. The van der Waals surface area contributed by atoms with E-state index in [2.05, 4.69) is 77.1 Å². The van der Waals surface area contributed by atoms with Crippen molar-refractivity contribution in [1.29, 1.82) is 0 Å². The van der Waals surface area contributed by atoms with Crippen molar-refractivity contribution in [2.75, 3.05) is 13.1 Å². The van der Waals surface area contributed by atoms with Gasteiger partial charge in [0.2, 0.25) is 0 Å². The molecule has 0 atom stereocenters. The zero-order chi connectivity index (χ0) is 14.5. The van der Waals surface area contributed by atoms with Gasteiger partial charge in [-0.3, -0.25) is 14.8 Å². The lowest BCUT2D eigenvalue weighted by Gasteiger charge is -2.30. The van der Waals surface area contributed by atoms with Crippen molar-refractivity contribution in [2.45, 2.75) is 79.9 Å². The van der Waals surface area contributed by atoms with Crippen molar-refractivity contribution < 1.29 is 4.58 Å². The normalized spacial score (nSPS) is 11.9. The second-order valence-electron chi connectivity index (χ2n) is 6.47. The molecular weight excluding hydrogens is 222 g/mol. The summed E-state index contributed by atoms with van der Waals surface area (Å²) in [4.78, 5) is 2.41. The van der Waals surface area contributed by atoms with Crippen LogP contribution in [0.5, 0.6) is 0 Å². The minimum absolute atomic E-state index is 0.0833. The quantitative estimate of drug-likeness (QED) is 0.473. The number of nitrogens with zero attached hydrogens (tertiary/aromatic N) is 2. The van der Waals surface area contributed by atoms with Gasteiger partial charge in [0.15, 0.2) is 0 Å². The van der Waals surface area contributed by atoms with Crippen LogP contribution < -0.4 is 5.32 Å². The van der Waals surface area contributed by atoms with Crippen molar-refractivity contribution in [3.63, 3.8) is 0 Å². The van der Waals surface area contributed by atoms with E-state index in [1.165, 1.54) is 5.96 Å². The fraction of sp³-hybridized carbons (Fsp3) is 0.933. The summed E-state index contributed by atoms with van der Waals surface area (Å²) in [6, 6.07) is 0.992. The minimum Gasteiger partial charge on any atom is -0.273 e. The predicted molar refractivity (Wildman–Crippen MR) is 81.3 cm³/mol. The molecule has 0 aromatic rings. The summed E-state index contributed by atoms with van der Waals surface area (Å²) in [5, 5.41) is 3.69. The molecule has 0 aromatic heterocycles. The van der Waals surface area contributed by atoms with Crippen LogP contribution in [0.25, 0.3) is 0 Å². The van der Waals surface area contributed by atoms with Crippen LogP contribution in [0.4, 0.5) is 0 Å². The van der Waals surface area contributed by atoms with E-state index < -0.39 is 0 Å². The molecule has 0 aliphatic heterocycles. The number of guanidine groups is 1. The highest BCUT2D eigenvalue weighted by molar-refractivity contribution is 5.75. The van der Waals surface area contributed by atoms with E-state index in [0.717, 1.165) is 13.1 Å². The topological polar surface area (TPSA) is 18.3 Å². The first-order valence-electron chi connectivity index (χ1n) is 7.32. The maximum absolute atomic E-state index is 3.69. The monoisotopic (exact) mass is 256 g/mol. The fourth-order valence-electron chi connectivity index (χ4n) is 2.25. The molecule has 0 unspecified atom stereocenters. The van der Waals surface area contributed by atoms with Gasteiger partial charge >= 0.3 is 5.96 Å². The van der Waals surface area contributed by atoms with Gasteiger partial charge in [-0.2, -0.15) is 0 Å². The summed E-state index contributed by atoms with van der Waals surface area (Å²) < 4.78 is 2.47. The molecule has 0 spiro atoms.